The number of anilines is 1. The van der Waals surface area contributed by atoms with E-state index >= 15 is 0 Å². The Kier molecular flexibility index (Phi) is 4.62. The Morgan fingerprint density at radius 2 is 2.12 bits per heavy atom. The van der Waals surface area contributed by atoms with E-state index < -0.39 is 4.92 Å². The Hall–Kier alpha value is -1.44. The number of hydrogen-bond donors (Lipinski definition) is 1. The predicted molar refractivity (Wildman–Crippen MR) is 69.7 cm³/mol. The molecule has 0 saturated heterocycles. The van der Waals surface area contributed by atoms with E-state index in [1.807, 2.05) is 6.92 Å². The maximum Gasteiger partial charge on any atom is 0.293 e. The fourth-order valence-corrected chi connectivity index (χ4v) is 1.62. The Bertz CT molecular complexity index is 483. The van der Waals surface area contributed by atoms with Crippen molar-refractivity contribution in [1.82, 2.24) is 0 Å². The summed E-state index contributed by atoms with van der Waals surface area (Å²) in [6.45, 7) is 1.83. The third-order valence-electron chi connectivity index (χ3n) is 2.06. The Morgan fingerprint density at radius 3 is 2.65 bits per heavy atom. The highest BCUT2D eigenvalue weighted by Gasteiger charge is 2.18. The second-order valence-corrected chi connectivity index (χ2v) is 4.31. The lowest BCUT2D eigenvalue weighted by atomic mass is 10.2. The molecule has 0 aliphatic heterocycles. The molecular formula is C11H10Cl2N2O2. The average molecular weight is 273 g/mol. The molecule has 0 aliphatic carbocycles. The van der Waals surface area contributed by atoms with Crippen molar-refractivity contribution in [3.63, 3.8) is 0 Å². The SMILES string of the molecule is C#CCC(C)Nc1cc(Cl)c(Cl)cc1[N+](=O)[O-]. The predicted octanol–water partition coefficient (Wildman–Crippen LogP) is 3.73. The topological polar surface area (TPSA) is 55.2 Å². The number of nitrogens with one attached hydrogen (secondary N) is 1. The van der Waals surface area contributed by atoms with E-state index in [4.69, 9.17) is 29.6 Å². The Labute approximate surface area is 109 Å². The zero-order valence-corrected chi connectivity index (χ0v) is 10.5. The van der Waals surface area contributed by atoms with Crippen LogP contribution in [0.1, 0.15) is 13.3 Å². The van der Waals surface area contributed by atoms with Crippen molar-refractivity contribution < 1.29 is 4.92 Å². The van der Waals surface area contributed by atoms with Gasteiger partial charge in [0.2, 0.25) is 0 Å². The summed E-state index contributed by atoms with van der Waals surface area (Å²) < 4.78 is 0. The molecule has 90 valence electrons. The highest BCUT2D eigenvalue weighted by molar-refractivity contribution is 6.42. The number of rotatable bonds is 4. The molecule has 1 aromatic carbocycles. The van der Waals surface area contributed by atoms with Crippen LogP contribution in [-0.4, -0.2) is 11.0 Å². The van der Waals surface area contributed by atoms with Gasteiger partial charge in [-0.05, 0) is 13.0 Å². The fraction of sp³-hybridized carbons (Fsp3) is 0.273. The van der Waals surface area contributed by atoms with Gasteiger partial charge in [0.1, 0.15) is 5.69 Å². The van der Waals surface area contributed by atoms with Crippen molar-refractivity contribution in [3.05, 3.63) is 32.3 Å². The van der Waals surface area contributed by atoms with E-state index in [1.54, 1.807) is 0 Å². The number of nitro benzene ring substituents is 1. The molecule has 6 heteroatoms. The summed E-state index contributed by atoms with van der Waals surface area (Å²) >= 11 is 11.5. The summed E-state index contributed by atoms with van der Waals surface area (Å²) in [7, 11) is 0. The molecule has 1 atom stereocenters. The summed E-state index contributed by atoms with van der Waals surface area (Å²) in [5, 5.41) is 14.2. The Balaban J connectivity index is 3.09. The number of benzene rings is 1. The normalized spacial score (nSPS) is 11.6. The lowest BCUT2D eigenvalue weighted by Crippen LogP contribution is -2.15. The van der Waals surface area contributed by atoms with Crippen LogP contribution in [0.25, 0.3) is 0 Å². The second kappa shape index (κ2) is 5.76. The minimum Gasteiger partial charge on any atom is -0.376 e. The molecule has 4 nitrogen and oxygen atoms in total. The van der Waals surface area contributed by atoms with Gasteiger partial charge < -0.3 is 5.32 Å². The fourth-order valence-electron chi connectivity index (χ4n) is 1.30. The molecule has 1 N–H and O–H groups in total. The molecule has 0 saturated carbocycles. The van der Waals surface area contributed by atoms with Gasteiger partial charge >= 0.3 is 0 Å². The van der Waals surface area contributed by atoms with Gasteiger partial charge in [-0.3, -0.25) is 10.1 Å². The maximum absolute atomic E-state index is 10.8. The number of terminal acetylenes is 1. The molecule has 0 heterocycles. The van der Waals surface area contributed by atoms with E-state index in [0.29, 0.717) is 12.1 Å². The molecule has 0 aliphatic rings. The molecule has 1 aromatic rings. The molecule has 0 aromatic heterocycles. The molecule has 1 rings (SSSR count). The van der Waals surface area contributed by atoms with Crippen molar-refractivity contribution in [2.45, 2.75) is 19.4 Å². The molecule has 0 radical (unpaired) electrons. The number of hydrogen-bond acceptors (Lipinski definition) is 3. The molecular weight excluding hydrogens is 263 g/mol. The van der Waals surface area contributed by atoms with Crippen molar-refractivity contribution in [2.24, 2.45) is 0 Å². The van der Waals surface area contributed by atoms with Gasteiger partial charge in [0, 0.05) is 18.5 Å². The van der Waals surface area contributed by atoms with Crippen LogP contribution in [0.15, 0.2) is 12.1 Å². The van der Waals surface area contributed by atoms with Gasteiger partial charge in [0.05, 0.1) is 15.0 Å². The van der Waals surface area contributed by atoms with E-state index in [0.717, 1.165) is 0 Å². The summed E-state index contributed by atoms with van der Waals surface area (Å²) in [6, 6.07) is 2.56. The van der Waals surface area contributed by atoms with Gasteiger partial charge in [-0.25, -0.2) is 0 Å². The van der Waals surface area contributed by atoms with Crippen LogP contribution in [-0.2, 0) is 0 Å². The van der Waals surface area contributed by atoms with Crippen molar-refractivity contribution >= 4 is 34.6 Å². The quantitative estimate of drug-likeness (QED) is 0.516. The standard InChI is InChI=1S/C11H10Cl2N2O2/c1-3-4-7(2)14-10-5-8(12)9(13)6-11(10)15(16)17/h1,5-7,14H,4H2,2H3. The van der Waals surface area contributed by atoms with E-state index in [9.17, 15) is 10.1 Å². The summed E-state index contributed by atoms with van der Waals surface area (Å²) in [5.74, 6) is 2.47. The van der Waals surface area contributed by atoms with Crippen molar-refractivity contribution in [2.75, 3.05) is 5.32 Å². The van der Waals surface area contributed by atoms with Crippen molar-refractivity contribution in [3.8, 4) is 12.3 Å². The molecule has 17 heavy (non-hydrogen) atoms. The van der Waals surface area contributed by atoms with Crippen LogP contribution in [0, 0.1) is 22.5 Å². The first-order valence-corrected chi connectivity index (χ1v) is 5.54. The van der Waals surface area contributed by atoms with Gasteiger partial charge in [-0.2, -0.15) is 0 Å². The highest BCUT2D eigenvalue weighted by atomic mass is 35.5. The third-order valence-corrected chi connectivity index (χ3v) is 2.78. The minimum absolute atomic E-state index is 0.0871. The van der Waals surface area contributed by atoms with Gasteiger partial charge in [0.15, 0.2) is 0 Å². The maximum atomic E-state index is 10.8. The van der Waals surface area contributed by atoms with Crippen LogP contribution in [0.5, 0.6) is 0 Å². The van der Waals surface area contributed by atoms with Crippen LogP contribution in [0.4, 0.5) is 11.4 Å². The van der Waals surface area contributed by atoms with Crippen molar-refractivity contribution in [1.29, 1.82) is 0 Å². The third kappa shape index (κ3) is 3.52. The van der Waals surface area contributed by atoms with E-state index in [1.165, 1.54) is 12.1 Å². The summed E-state index contributed by atoms with van der Waals surface area (Å²) in [5.41, 5.74) is 0.190. The zero-order valence-electron chi connectivity index (χ0n) is 9.04. The lowest BCUT2D eigenvalue weighted by Gasteiger charge is -2.13. The molecule has 0 amide bonds. The van der Waals surface area contributed by atoms with Crippen LogP contribution < -0.4 is 5.32 Å². The molecule has 0 bridgehead atoms. The number of nitro groups is 1. The largest absolute Gasteiger partial charge is 0.376 e. The number of halogens is 2. The molecule has 0 fully saturated rings. The minimum atomic E-state index is -0.521. The first kappa shape index (κ1) is 13.6. The second-order valence-electron chi connectivity index (χ2n) is 3.49. The van der Waals surface area contributed by atoms with Crippen LogP contribution in [0.3, 0.4) is 0 Å². The number of nitrogens with zero attached hydrogens (tertiary/aromatic N) is 1. The molecule has 1 unspecified atom stereocenters. The summed E-state index contributed by atoms with van der Waals surface area (Å²) in [4.78, 5) is 10.3. The smallest absolute Gasteiger partial charge is 0.293 e. The van der Waals surface area contributed by atoms with Crippen LogP contribution >= 0.6 is 23.2 Å². The van der Waals surface area contributed by atoms with Gasteiger partial charge in [-0.15, -0.1) is 12.3 Å². The van der Waals surface area contributed by atoms with Gasteiger partial charge in [0.25, 0.3) is 5.69 Å². The van der Waals surface area contributed by atoms with E-state index in [-0.39, 0.29) is 21.8 Å². The summed E-state index contributed by atoms with van der Waals surface area (Å²) in [6.07, 6.45) is 5.62. The first-order valence-electron chi connectivity index (χ1n) is 4.79. The van der Waals surface area contributed by atoms with E-state index in [2.05, 4.69) is 11.2 Å². The van der Waals surface area contributed by atoms with Crippen LogP contribution in [0.2, 0.25) is 10.0 Å². The lowest BCUT2D eigenvalue weighted by molar-refractivity contribution is -0.384. The van der Waals surface area contributed by atoms with Gasteiger partial charge in [-0.1, -0.05) is 23.2 Å². The monoisotopic (exact) mass is 272 g/mol. The average Bonchev–Trinajstić information content (AvgIpc) is 2.23. The zero-order chi connectivity index (χ0) is 13.0. The highest BCUT2D eigenvalue weighted by Crippen LogP contribution is 2.34. The Morgan fingerprint density at radius 1 is 1.53 bits per heavy atom. The first-order chi connectivity index (χ1) is 7.95. The molecule has 0 spiro atoms.